The average Bonchev–Trinajstić information content (AvgIpc) is 3.35. The molecule has 3 aliphatic rings. The molecule has 7 nitrogen and oxygen atoms in total. The van der Waals surface area contributed by atoms with E-state index in [9.17, 15) is 19.5 Å². The van der Waals surface area contributed by atoms with Gasteiger partial charge in [-0.25, -0.2) is 0 Å². The highest BCUT2D eigenvalue weighted by molar-refractivity contribution is 8.02. The molecule has 2 bridgehead atoms. The van der Waals surface area contributed by atoms with Crippen molar-refractivity contribution in [2.75, 3.05) is 26.3 Å². The molecule has 0 aromatic rings. The molecule has 192 valence electrons. The molecule has 3 heterocycles. The van der Waals surface area contributed by atoms with E-state index in [4.69, 9.17) is 4.74 Å². The minimum atomic E-state index is -0.662. The summed E-state index contributed by atoms with van der Waals surface area (Å²) in [6.45, 7) is 17.2. The number of fused-ring (bicyclic) bond motifs is 1. The van der Waals surface area contributed by atoms with Gasteiger partial charge in [-0.2, -0.15) is 0 Å². The molecule has 0 aromatic heterocycles. The number of thioether (sulfide) groups is 1. The van der Waals surface area contributed by atoms with Crippen molar-refractivity contribution in [2.24, 2.45) is 17.3 Å². The van der Waals surface area contributed by atoms with Gasteiger partial charge < -0.3 is 19.6 Å². The molecule has 0 radical (unpaired) electrons. The van der Waals surface area contributed by atoms with Crippen molar-refractivity contribution >= 4 is 29.5 Å². The second kappa shape index (κ2) is 9.84. The van der Waals surface area contributed by atoms with Crippen LogP contribution in [-0.2, 0) is 19.1 Å². The number of likely N-dealkylation sites (tertiary alicyclic amines) is 1. The predicted molar refractivity (Wildman–Crippen MR) is 134 cm³/mol. The Morgan fingerprint density at radius 2 is 2.00 bits per heavy atom. The summed E-state index contributed by atoms with van der Waals surface area (Å²) < 4.78 is 4.73. The number of hydrogen-bond acceptors (Lipinski definition) is 6. The van der Waals surface area contributed by atoms with Gasteiger partial charge in [0.2, 0.25) is 11.8 Å². The first-order valence-corrected chi connectivity index (χ1v) is 13.4. The third-order valence-electron chi connectivity index (χ3n) is 7.42. The molecule has 8 heteroatoms. The minimum absolute atomic E-state index is 0.00117. The molecule has 3 fully saturated rings. The van der Waals surface area contributed by atoms with Crippen LogP contribution in [0.4, 0.5) is 0 Å². The lowest BCUT2D eigenvalue weighted by Crippen LogP contribution is -2.60. The van der Waals surface area contributed by atoms with E-state index in [1.807, 2.05) is 4.90 Å². The molecule has 0 aliphatic carbocycles. The Balaban J connectivity index is 2.04. The highest BCUT2D eigenvalue weighted by Crippen LogP contribution is 2.66. The van der Waals surface area contributed by atoms with Crippen LogP contribution in [-0.4, -0.2) is 80.6 Å². The first kappa shape index (κ1) is 27.1. The van der Waals surface area contributed by atoms with E-state index in [1.165, 1.54) is 0 Å². The first-order chi connectivity index (χ1) is 15.8. The number of rotatable bonds is 10. The van der Waals surface area contributed by atoms with Gasteiger partial charge in [0.15, 0.2) is 0 Å². The lowest BCUT2D eigenvalue weighted by atomic mass is 9.71. The smallest absolute Gasteiger partial charge is 0.310 e. The van der Waals surface area contributed by atoms with Crippen LogP contribution in [0.15, 0.2) is 12.7 Å². The minimum Gasteiger partial charge on any atom is -0.466 e. The van der Waals surface area contributed by atoms with E-state index in [0.717, 1.165) is 19.3 Å². The Hall–Kier alpha value is -1.54. The number of amides is 2. The van der Waals surface area contributed by atoms with Gasteiger partial charge in [0.25, 0.3) is 0 Å². The van der Waals surface area contributed by atoms with E-state index in [0.29, 0.717) is 19.5 Å². The zero-order chi connectivity index (χ0) is 25.5. The molecule has 3 aliphatic heterocycles. The molecular weight excluding hydrogens is 452 g/mol. The van der Waals surface area contributed by atoms with Gasteiger partial charge in [-0.15, -0.1) is 18.3 Å². The molecule has 1 N–H and O–H groups in total. The van der Waals surface area contributed by atoms with Crippen LogP contribution >= 0.6 is 11.8 Å². The van der Waals surface area contributed by atoms with Crippen molar-refractivity contribution in [2.45, 2.75) is 88.8 Å². The standard InChI is InChI=1S/C26H42N2O5S/c1-8-13-28(25(6,7)16-24(3,4)5)22(31)20-26-12-11-17(34-26)18(23(32)33-9-2)19(26)21(30)27(20)14-10-15-29/h8,17-20,29H,1,9-16H2,2-7H3/t17-,18+,19-,20?,26?/m0/s1. The van der Waals surface area contributed by atoms with Gasteiger partial charge >= 0.3 is 5.97 Å². The Bertz CT molecular complexity index is 822. The number of aliphatic hydroxyl groups excluding tert-OH is 1. The van der Waals surface area contributed by atoms with Crippen LogP contribution in [0.5, 0.6) is 0 Å². The monoisotopic (exact) mass is 494 g/mol. The molecule has 3 rings (SSSR count). The van der Waals surface area contributed by atoms with Gasteiger partial charge in [-0.05, 0) is 51.9 Å². The number of aliphatic hydroxyl groups is 1. The van der Waals surface area contributed by atoms with Crippen molar-refractivity contribution in [3.63, 3.8) is 0 Å². The van der Waals surface area contributed by atoms with Crippen LogP contribution in [0.2, 0.25) is 0 Å². The van der Waals surface area contributed by atoms with E-state index in [2.05, 4.69) is 41.2 Å². The Kier molecular flexibility index (Phi) is 7.83. The molecule has 2 unspecified atom stereocenters. The fourth-order valence-corrected chi connectivity index (χ4v) is 8.93. The maximum absolute atomic E-state index is 14.4. The Morgan fingerprint density at radius 3 is 2.56 bits per heavy atom. The summed E-state index contributed by atoms with van der Waals surface area (Å²) in [4.78, 5) is 44.7. The van der Waals surface area contributed by atoms with Crippen LogP contribution < -0.4 is 0 Å². The molecule has 5 atom stereocenters. The van der Waals surface area contributed by atoms with E-state index >= 15 is 0 Å². The quantitative estimate of drug-likeness (QED) is 0.371. The first-order valence-electron chi connectivity index (χ1n) is 12.5. The fraction of sp³-hybridized carbons (Fsp3) is 0.808. The van der Waals surface area contributed by atoms with Crippen LogP contribution in [0.25, 0.3) is 0 Å². The summed E-state index contributed by atoms with van der Waals surface area (Å²) in [7, 11) is 0. The van der Waals surface area contributed by atoms with Gasteiger partial charge in [0.1, 0.15) is 6.04 Å². The normalized spacial score (nSPS) is 30.4. The number of carbonyl (C=O) groups is 3. The molecule has 0 aromatic carbocycles. The largest absolute Gasteiger partial charge is 0.466 e. The average molecular weight is 495 g/mol. The van der Waals surface area contributed by atoms with Gasteiger partial charge in [0.05, 0.1) is 23.2 Å². The second-order valence-electron chi connectivity index (χ2n) is 11.7. The van der Waals surface area contributed by atoms with Gasteiger partial charge in [0, 0.05) is 30.5 Å². The SMILES string of the molecule is C=CCN(C(=O)C1N(CCCO)C(=O)[C@@H]2[C@H](C(=O)OCC)[C@@H]3CCC12S3)C(C)(C)CC(C)(C)C. The fourth-order valence-electron chi connectivity index (χ4n) is 6.73. The number of ether oxygens (including phenoxy) is 1. The highest BCUT2D eigenvalue weighted by Gasteiger charge is 2.74. The van der Waals surface area contributed by atoms with Gasteiger partial charge in [-0.1, -0.05) is 26.8 Å². The molecule has 0 saturated carbocycles. The van der Waals surface area contributed by atoms with Gasteiger partial charge in [-0.3, -0.25) is 14.4 Å². The summed E-state index contributed by atoms with van der Waals surface area (Å²) in [6.07, 6.45) is 4.44. The third-order valence-corrected chi connectivity index (χ3v) is 9.37. The summed E-state index contributed by atoms with van der Waals surface area (Å²) in [5.74, 6) is -1.63. The summed E-state index contributed by atoms with van der Waals surface area (Å²) in [5.41, 5.74) is -0.451. The Labute approximate surface area is 208 Å². The number of hydrogen-bond donors (Lipinski definition) is 1. The van der Waals surface area contributed by atoms with Crippen molar-refractivity contribution in [1.29, 1.82) is 0 Å². The zero-order valence-electron chi connectivity index (χ0n) is 21.6. The van der Waals surface area contributed by atoms with E-state index < -0.39 is 28.2 Å². The molecule has 34 heavy (non-hydrogen) atoms. The second-order valence-corrected chi connectivity index (χ2v) is 13.3. The Morgan fingerprint density at radius 1 is 1.32 bits per heavy atom. The number of esters is 1. The van der Waals surface area contributed by atoms with E-state index in [1.54, 1.807) is 29.7 Å². The summed E-state index contributed by atoms with van der Waals surface area (Å²) >= 11 is 1.65. The molecular formula is C26H42N2O5S. The maximum Gasteiger partial charge on any atom is 0.310 e. The topological polar surface area (TPSA) is 87.2 Å². The third kappa shape index (κ3) is 4.64. The van der Waals surface area contributed by atoms with Crippen molar-refractivity contribution in [3.8, 4) is 0 Å². The highest BCUT2D eigenvalue weighted by atomic mass is 32.2. The predicted octanol–water partition coefficient (Wildman–Crippen LogP) is 3.25. The lowest BCUT2D eigenvalue weighted by Gasteiger charge is -2.46. The molecule has 2 amide bonds. The summed E-state index contributed by atoms with van der Waals surface area (Å²) in [5, 5.41) is 9.50. The van der Waals surface area contributed by atoms with Crippen molar-refractivity contribution in [3.05, 3.63) is 12.7 Å². The van der Waals surface area contributed by atoms with Crippen LogP contribution in [0, 0.1) is 17.3 Å². The lowest BCUT2D eigenvalue weighted by molar-refractivity contribution is -0.153. The zero-order valence-corrected chi connectivity index (χ0v) is 22.5. The number of carbonyl (C=O) groups excluding carboxylic acids is 3. The molecule has 1 spiro atoms. The summed E-state index contributed by atoms with van der Waals surface area (Å²) in [6, 6.07) is -0.662. The van der Waals surface area contributed by atoms with Crippen molar-refractivity contribution in [1.82, 2.24) is 9.80 Å². The number of nitrogens with zero attached hydrogens (tertiary/aromatic N) is 2. The van der Waals surface area contributed by atoms with Crippen LogP contribution in [0.1, 0.15) is 67.2 Å². The van der Waals surface area contributed by atoms with Crippen LogP contribution in [0.3, 0.4) is 0 Å². The molecule has 3 saturated heterocycles. The maximum atomic E-state index is 14.4. The van der Waals surface area contributed by atoms with Crippen molar-refractivity contribution < 1.29 is 24.2 Å². The van der Waals surface area contributed by atoms with E-state index in [-0.39, 0.29) is 41.7 Å².